The molecule has 188 valence electrons. The highest BCUT2D eigenvalue weighted by molar-refractivity contribution is 7.14. The molecule has 37 heavy (non-hydrogen) atoms. The van der Waals surface area contributed by atoms with Gasteiger partial charge in [-0.3, -0.25) is 19.7 Å². The Morgan fingerprint density at radius 3 is 2.32 bits per heavy atom. The molecule has 1 heterocycles. The largest absolute Gasteiger partial charge is 0.481 e. The predicted octanol–water partition coefficient (Wildman–Crippen LogP) is 5.57. The van der Waals surface area contributed by atoms with Gasteiger partial charge in [0.25, 0.3) is 11.6 Å². The van der Waals surface area contributed by atoms with Crippen molar-refractivity contribution in [3.63, 3.8) is 0 Å². The zero-order valence-corrected chi connectivity index (χ0v) is 20.8. The molecule has 0 spiro atoms. The predicted molar refractivity (Wildman–Crippen MR) is 142 cm³/mol. The van der Waals surface area contributed by atoms with E-state index in [2.05, 4.69) is 10.2 Å². The van der Waals surface area contributed by atoms with E-state index in [0.29, 0.717) is 12.1 Å². The first kappa shape index (κ1) is 25.5. The van der Waals surface area contributed by atoms with Gasteiger partial charge in [0.1, 0.15) is 0 Å². The van der Waals surface area contributed by atoms with E-state index in [1.54, 1.807) is 24.3 Å². The number of amides is 1. The Kier molecular flexibility index (Phi) is 7.89. The number of carbonyl (C=O) groups is 2. The van der Waals surface area contributed by atoms with Gasteiger partial charge >= 0.3 is 5.97 Å². The van der Waals surface area contributed by atoms with Crippen molar-refractivity contribution in [2.24, 2.45) is 0 Å². The van der Waals surface area contributed by atoms with Crippen LogP contribution in [0.25, 0.3) is 11.3 Å². The van der Waals surface area contributed by atoms with Gasteiger partial charge in [-0.25, -0.2) is 4.98 Å². The molecule has 0 bridgehead atoms. The average molecular weight is 517 g/mol. The first-order valence-corrected chi connectivity index (χ1v) is 12.3. The fraction of sp³-hybridized carbons (Fsp3) is 0.148. The van der Waals surface area contributed by atoms with Crippen molar-refractivity contribution in [1.82, 2.24) is 10.3 Å². The van der Waals surface area contributed by atoms with E-state index in [0.717, 1.165) is 33.2 Å². The molecular weight excluding hydrogens is 492 g/mol. The molecule has 9 nitrogen and oxygen atoms in total. The molecule has 0 aliphatic carbocycles. The van der Waals surface area contributed by atoms with Gasteiger partial charge in [0.15, 0.2) is 5.13 Å². The number of nitro benzene ring substituents is 1. The summed E-state index contributed by atoms with van der Waals surface area (Å²) < 4.78 is 0. The molecule has 0 unspecified atom stereocenters. The SMILES string of the molecule is Cc1ccc(N(Cc2ccc(C(=O)NCCC(=O)O)cc2)c2nc(-c3ccc([N+](=O)[O-])cc3)cs2)cc1. The zero-order valence-electron chi connectivity index (χ0n) is 20.0. The lowest BCUT2D eigenvalue weighted by molar-refractivity contribution is -0.384. The maximum atomic E-state index is 12.3. The van der Waals surface area contributed by atoms with Crippen LogP contribution < -0.4 is 10.2 Å². The smallest absolute Gasteiger partial charge is 0.305 e. The third-order valence-electron chi connectivity index (χ3n) is 5.62. The molecule has 0 atom stereocenters. The number of aliphatic carboxylic acids is 1. The molecule has 1 amide bonds. The van der Waals surface area contributed by atoms with E-state index in [-0.39, 0.29) is 24.6 Å². The van der Waals surface area contributed by atoms with Crippen LogP contribution >= 0.6 is 11.3 Å². The molecule has 0 saturated heterocycles. The van der Waals surface area contributed by atoms with Gasteiger partial charge in [-0.05, 0) is 48.9 Å². The second-order valence-electron chi connectivity index (χ2n) is 8.34. The number of carboxylic acids is 1. The summed E-state index contributed by atoms with van der Waals surface area (Å²) in [6, 6.07) is 21.5. The number of thiazole rings is 1. The van der Waals surface area contributed by atoms with Crippen LogP contribution in [0.2, 0.25) is 0 Å². The summed E-state index contributed by atoms with van der Waals surface area (Å²) in [7, 11) is 0. The Balaban J connectivity index is 1.56. The highest BCUT2D eigenvalue weighted by atomic mass is 32.1. The monoisotopic (exact) mass is 516 g/mol. The number of carbonyl (C=O) groups excluding carboxylic acids is 1. The molecular formula is C27H24N4O5S. The van der Waals surface area contributed by atoms with Crippen LogP contribution in [0.3, 0.4) is 0 Å². The molecule has 4 aromatic rings. The van der Waals surface area contributed by atoms with Crippen molar-refractivity contribution < 1.29 is 19.6 Å². The number of benzene rings is 3. The van der Waals surface area contributed by atoms with Gasteiger partial charge in [-0.2, -0.15) is 0 Å². The van der Waals surface area contributed by atoms with Crippen LogP contribution in [0.4, 0.5) is 16.5 Å². The fourth-order valence-corrected chi connectivity index (χ4v) is 4.45. The molecule has 3 aromatic carbocycles. The van der Waals surface area contributed by atoms with Crippen LogP contribution in [0.1, 0.15) is 27.9 Å². The quantitative estimate of drug-likeness (QED) is 0.208. The first-order chi connectivity index (χ1) is 17.8. The molecule has 0 radical (unpaired) electrons. The standard InChI is InChI=1S/C27H24N4O5S/c1-18-2-10-22(11-3-18)30(16-19-4-6-21(7-5-19)26(34)28-15-14-25(32)33)27-29-24(17-37-27)20-8-12-23(13-9-20)31(35)36/h2-13,17H,14-16H2,1H3,(H,28,34)(H,32,33). The number of hydrogen-bond donors (Lipinski definition) is 2. The summed E-state index contributed by atoms with van der Waals surface area (Å²) in [5.74, 6) is -1.29. The number of non-ortho nitro benzene ring substituents is 1. The van der Waals surface area contributed by atoms with Crippen molar-refractivity contribution in [2.75, 3.05) is 11.4 Å². The highest BCUT2D eigenvalue weighted by Crippen LogP contribution is 2.34. The lowest BCUT2D eigenvalue weighted by atomic mass is 10.1. The number of rotatable bonds is 10. The van der Waals surface area contributed by atoms with Crippen molar-refractivity contribution in [3.05, 3.63) is 105 Å². The average Bonchev–Trinajstić information content (AvgIpc) is 3.38. The van der Waals surface area contributed by atoms with Crippen LogP contribution in [0.15, 0.2) is 78.2 Å². The molecule has 10 heteroatoms. The summed E-state index contributed by atoms with van der Waals surface area (Å²) in [4.78, 5) is 40.3. The summed E-state index contributed by atoms with van der Waals surface area (Å²) in [5, 5.41) is 25.0. The van der Waals surface area contributed by atoms with Gasteiger partial charge < -0.3 is 15.3 Å². The summed E-state index contributed by atoms with van der Waals surface area (Å²) in [6.07, 6.45) is -0.134. The minimum atomic E-state index is -0.967. The topological polar surface area (TPSA) is 126 Å². The van der Waals surface area contributed by atoms with E-state index < -0.39 is 10.9 Å². The number of aromatic nitrogens is 1. The summed E-state index contributed by atoms with van der Waals surface area (Å²) in [5.41, 5.74) is 5.02. The lowest BCUT2D eigenvalue weighted by Gasteiger charge is -2.22. The first-order valence-electron chi connectivity index (χ1n) is 11.4. The normalized spacial score (nSPS) is 10.6. The number of hydrogen-bond acceptors (Lipinski definition) is 7. The van der Waals surface area contributed by atoms with Crippen LogP contribution in [-0.2, 0) is 11.3 Å². The van der Waals surface area contributed by atoms with Gasteiger partial charge in [0, 0.05) is 40.9 Å². The zero-order chi connectivity index (χ0) is 26.4. The van der Waals surface area contributed by atoms with E-state index in [9.17, 15) is 19.7 Å². The van der Waals surface area contributed by atoms with Crippen LogP contribution in [-0.4, -0.2) is 33.4 Å². The summed E-state index contributed by atoms with van der Waals surface area (Å²) in [6.45, 7) is 2.58. The van der Waals surface area contributed by atoms with Crippen LogP contribution in [0, 0.1) is 17.0 Å². The van der Waals surface area contributed by atoms with Crippen molar-refractivity contribution in [1.29, 1.82) is 0 Å². The third-order valence-corrected chi connectivity index (χ3v) is 6.49. The number of nitrogens with one attached hydrogen (secondary N) is 1. The van der Waals surface area contributed by atoms with Gasteiger partial charge in [0.05, 0.1) is 23.6 Å². The maximum absolute atomic E-state index is 12.3. The lowest BCUT2D eigenvalue weighted by Crippen LogP contribution is -2.26. The minimum absolute atomic E-state index is 0.0273. The Morgan fingerprint density at radius 2 is 1.70 bits per heavy atom. The fourth-order valence-electron chi connectivity index (χ4n) is 3.60. The number of anilines is 2. The molecule has 4 rings (SSSR count). The van der Waals surface area contributed by atoms with Crippen molar-refractivity contribution in [2.45, 2.75) is 19.9 Å². The van der Waals surface area contributed by atoms with Crippen LogP contribution in [0.5, 0.6) is 0 Å². The highest BCUT2D eigenvalue weighted by Gasteiger charge is 2.16. The molecule has 2 N–H and O–H groups in total. The second kappa shape index (κ2) is 11.4. The van der Waals surface area contributed by atoms with Gasteiger partial charge in [0.2, 0.25) is 0 Å². The minimum Gasteiger partial charge on any atom is -0.481 e. The second-order valence-corrected chi connectivity index (χ2v) is 9.17. The Morgan fingerprint density at radius 1 is 1.03 bits per heavy atom. The Bertz CT molecular complexity index is 1400. The molecule has 0 fully saturated rings. The Hall–Kier alpha value is -4.57. The molecule has 0 aliphatic rings. The van der Waals surface area contributed by atoms with E-state index in [1.807, 2.05) is 48.7 Å². The number of nitrogens with zero attached hydrogens (tertiary/aromatic N) is 3. The Labute approximate surface area is 217 Å². The van der Waals surface area contributed by atoms with E-state index in [1.165, 1.54) is 23.5 Å². The van der Waals surface area contributed by atoms with Gasteiger partial charge in [-0.15, -0.1) is 11.3 Å². The number of aryl methyl sites for hydroxylation is 1. The van der Waals surface area contributed by atoms with E-state index in [4.69, 9.17) is 10.1 Å². The number of carboxylic acid groups (broad SMARTS) is 1. The molecule has 0 aliphatic heterocycles. The molecule has 0 saturated carbocycles. The summed E-state index contributed by atoms with van der Waals surface area (Å²) >= 11 is 1.47. The molecule has 1 aromatic heterocycles. The van der Waals surface area contributed by atoms with Crippen molar-refractivity contribution >= 4 is 39.7 Å². The van der Waals surface area contributed by atoms with E-state index >= 15 is 0 Å². The third kappa shape index (κ3) is 6.56. The number of nitro groups is 1. The maximum Gasteiger partial charge on any atom is 0.305 e. The van der Waals surface area contributed by atoms with Gasteiger partial charge in [-0.1, -0.05) is 29.8 Å². The van der Waals surface area contributed by atoms with Crippen molar-refractivity contribution in [3.8, 4) is 11.3 Å².